The lowest BCUT2D eigenvalue weighted by atomic mass is 10.0. The molecule has 0 radical (unpaired) electrons. The Morgan fingerprint density at radius 3 is 2.36 bits per heavy atom. The Bertz CT molecular complexity index is 453. The van der Waals surface area contributed by atoms with E-state index in [0.29, 0.717) is 0 Å². The average molecular weight is 320 g/mol. The molecule has 3 aliphatic heterocycles. The number of hydrogen-bond acceptors (Lipinski definition) is 9. The molecule has 7 atom stereocenters. The molecule has 0 aromatic carbocycles. The Kier molecular flexibility index (Phi) is 4.30. The Hall–Kier alpha value is -1.30. The molecular formula is C12H16O10. The van der Waals surface area contributed by atoms with Crippen LogP contribution in [0.15, 0.2) is 0 Å². The first-order chi connectivity index (χ1) is 10.5. The fraction of sp³-hybridized carbons (Fsp3) is 0.833. The number of carbonyl (C=O) groups is 2. The third-order valence-corrected chi connectivity index (χ3v) is 3.55. The van der Waals surface area contributed by atoms with Crippen molar-refractivity contribution in [3.63, 3.8) is 0 Å². The van der Waals surface area contributed by atoms with Gasteiger partial charge in [0, 0.05) is 0 Å². The van der Waals surface area contributed by atoms with Crippen molar-refractivity contribution in [3.05, 3.63) is 0 Å². The fourth-order valence-corrected chi connectivity index (χ4v) is 2.65. The normalized spacial score (nSPS) is 43.5. The zero-order valence-electron chi connectivity index (χ0n) is 11.6. The number of carboxylic acid groups (broad SMARTS) is 1. The van der Waals surface area contributed by atoms with Gasteiger partial charge in [0.1, 0.15) is 24.4 Å². The van der Waals surface area contributed by atoms with E-state index in [0.717, 1.165) is 0 Å². The SMILES string of the molecule is CCOC(=O)C1OC(CO)C2OC3OC(C(=O)O)OC3C2O1. The topological polar surface area (TPSA) is 130 Å². The van der Waals surface area contributed by atoms with Crippen LogP contribution in [-0.4, -0.2) is 78.7 Å². The molecule has 2 N–H and O–H groups in total. The summed E-state index contributed by atoms with van der Waals surface area (Å²) in [6.45, 7) is 1.36. The predicted molar refractivity (Wildman–Crippen MR) is 63.3 cm³/mol. The van der Waals surface area contributed by atoms with E-state index >= 15 is 0 Å². The van der Waals surface area contributed by atoms with Gasteiger partial charge >= 0.3 is 11.9 Å². The van der Waals surface area contributed by atoms with Crippen LogP contribution in [0.4, 0.5) is 0 Å². The van der Waals surface area contributed by atoms with Crippen LogP contribution in [0.5, 0.6) is 0 Å². The number of ether oxygens (including phenoxy) is 6. The minimum Gasteiger partial charge on any atom is -0.477 e. The van der Waals surface area contributed by atoms with Gasteiger partial charge in [0.05, 0.1) is 13.2 Å². The number of hydrogen-bond donors (Lipinski definition) is 2. The summed E-state index contributed by atoms with van der Waals surface area (Å²) in [7, 11) is 0. The second-order valence-corrected chi connectivity index (χ2v) is 4.92. The molecule has 3 aliphatic rings. The molecule has 0 aromatic rings. The molecule has 124 valence electrons. The van der Waals surface area contributed by atoms with Gasteiger partial charge in [0.2, 0.25) is 0 Å². The summed E-state index contributed by atoms with van der Waals surface area (Å²) in [5, 5.41) is 18.3. The molecule has 7 unspecified atom stereocenters. The van der Waals surface area contributed by atoms with Crippen molar-refractivity contribution in [3.8, 4) is 0 Å². The molecule has 0 bridgehead atoms. The maximum absolute atomic E-state index is 11.8. The van der Waals surface area contributed by atoms with E-state index < -0.39 is 61.8 Å². The predicted octanol–water partition coefficient (Wildman–Crippen LogP) is -1.80. The third-order valence-electron chi connectivity index (χ3n) is 3.55. The summed E-state index contributed by atoms with van der Waals surface area (Å²) in [5.41, 5.74) is 0. The summed E-state index contributed by atoms with van der Waals surface area (Å²) in [6, 6.07) is 0. The lowest BCUT2D eigenvalue weighted by Crippen LogP contribution is -2.55. The molecule has 3 fully saturated rings. The van der Waals surface area contributed by atoms with Crippen molar-refractivity contribution in [2.75, 3.05) is 13.2 Å². The first kappa shape index (κ1) is 15.6. The van der Waals surface area contributed by atoms with E-state index in [1.54, 1.807) is 6.92 Å². The second-order valence-electron chi connectivity index (χ2n) is 4.92. The van der Waals surface area contributed by atoms with Gasteiger partial charge < -0.3 is 38.6 Å². The van der Waals surface area contributed by atoms with Crippen LogP contribution in [0.3, 0.4) is 0 Å². The maximum Gasteiger partial charge on any atom is 0.363 e. The largest absolute Gasteiger partial charge is 0.477 e. The fourth-order valence-electron chi connectivity index (χ4n) is 2.65. The number of esters is 1. The van der Waals surface area contributed by atoms with Gasteiger partial charge in [-0.25, -0.2) is 9.59 Å². The monoisotopic (exact) mass is 320 g/mol. The van der Waals surface area contributed by atoms with E-state index in [-0.39, 0.29) is 6.61 Å². The Morgan fingerprint density at radius 1 is 1.00 bits per heavy atom. The minimum absolute atomic E-state index is 0.142. The molecule has 3 rings (SSSR count). The summed E-state index contributed by atoms with van der Waals surface area (Å²) >= 11 is 0. The molecule has 10 nitrogen and oxygen atoms in total. The Balaban J connectivity index is 1.74. The van der Waals surface area contributed by atoms with Gasteiger partial charge in [0.15, 0.2) is 6.29 Å². The van der Waals surface area contributed by atoms with Gasteiger partial charge in [-0.15, -0.1) is 0 Å². The van der Waals surface area contributed by atoms with Crippen molar-refractivity contribution in [2.24, 2.45) is 0 Å². The van der Waals surface area contributed by atoms with Crippen LogP contribution in [-0.2, 0) is 38.0 Å². The van der Waals surface area contributed by atoms with Crippen LogP contribution in [0.25, 0.3) is 0 Å². The summed E-state index contributed by atoms with van der Waals surface area (Å²) in [4.78, 5) is 22.6. The number of rotatable bonds is 4. The number of aliphatic hydroxyl groups excluding tert-OH is 1. The Labute approximate surface area is 124 Å². The van der Waals surface area contributed by atoms with Crippen molar-refractivity contribution in [2.45, 2.75) is 50.2 Å². The van der Waals surface area contributed by atoms with Gasteiger partial charge in [-0.05, 0) is 6.92 Å². The molecule has 0 spiro atoms. The molecule has 0 aliphatic carbocycles. The second kappa shape index (κ2) is 6.07. The maximum atomic E-state index is 11.8. The first-order valence-electron chi connectivity index (χ1n) is 6.82. The molecule has 3 heterocycles. The zero-order valence-corrected chi connectivity index (χ0v) is 11.6. The third kappa shape index (κ3) is 2.57. The standard InChI is InChI=1S/C12H16O10/c1-2-17-9(16)12-18-4(3-13)5-6(20-12)7-10(19-5)22-11(21-7)8(14)15/h4-7,10-13H,2-3H2,1H3,(H,14,15). The average Bonchev–Trinajstić information content (AvgIpc) is 3.04. The lowest BCUT2D eigenvalue weighted by molar-refractivity contribution is -0.297. The van der Waals surface area contributed by atoms with Gasteiger partial charge in [-0.1, -0.05) is 0 Å². The highest BCUT2D eigenvalue weighted by Gasteiger charge is 2.60. The molecule has 10 heteroatoms. The highest BCUT2D eigenvalue weighted by atomic mass is 16.9. The quantitative estimate of drug-likeness (QED) is 0.572. The number of fused-ring (bicyclic) bond motifs is 3. The van der Waals surface area contributed by atoms with Crippen LogP contribution in [0, 0.1) is 0 Å². The molecule has 0 aromatic heterocycles. The summed E-state index contributed by atoms with van der Waals surface area (Å²) < 4.78 is 31.4. The van der Waals surface area contributed by atoms with Crippen molar-refractivity contribution in [1.29, 1.82) is 0 Å². The molecule has 0 saturated carbocycles. The minimum atomic E-state index is -1.46. The smallest absolute Gasteiger partial charge is 0.363 e. The van der Waals surface area contributed by atoms with Gasteiger partial charge in [-0.3, -0.25) is 0 Å². The molecule has 0 amide bonds. The molecular weight excluding hydrogens is 304 g/mol. The van der Waals surface area contributed by atoms with Crippen LogP contribution >= 0.6 is 0 Å². The van der Waals surface area contributed by atoms with Crippen molar-refractivity contribution >= 4 is 11.9 Å². The number of carbonyl (C=O) groups excluding carboxylic acids is 1. The van der Waals surface area contributed by atoms with Crippen molar-refractivity contribution in [1.82, 2.24) is 0 Å². The van der Waals surface area contributed by atoms with Gasteiger partial charge in [-0.2, -0.15) is 0 Å². The van der Waals surface area contributed by atoms with E-state index in [4.69, 9.17) is 33.5 Å². The van der Waals surface area contributed by atoms with E-state index in [1.807, 2.05) is 0 Å². The first-order valence-corrected chi connectivity index (χ1v) is 6.82. The van der Waals surface area contributed by atoms with E-state index in [1.165, 1.54) is 0 Å². The van der Waals surface area contributed by atoms with Crippen molar-refractivity contribution < 1.29 is 48.2 Å². The lowest BCUT2D eigenvalue weighted by Gasteiger charge is -2.36. The zero-order chi connectivity index (χ0) is 15.9. The van der Waals surface area contributed by atoms with E-state index in [9.17, 15) is 14.7 Å². The summed E-state index contributed by atoms with van der Waals surface area (Å²) in [6.07, 6.45) is -6.98. The summed E-state index contributed by atoms with van der Waals surface area (Å²) in [5.74, 6) is -2.03. The number of carboxylic acids is 1. The van der Waals surface area contributed by atoms with Crippen LogP contribution in [0.2, 0.25) is 0 Å². The molecule has 22 heavy (non-hydrogen) atoms. The Morgan fingerprint density at radius 2 is 1.73 bits per heavy atom. The van der Waals surface area contributed by atoms with Crippen LogP contribution < -0.4 is 0 Å². The highest BCUT2D eigenvalue weighted by Crippen LogP contribution is 2.39. The van der Waals surface area contributed by atoms with Gasteiger partial charge in [0.25, 0.3) is 12.6 Å². The number of aliphatic hydroxyl groups is 1. The van der Waals surface area contributed by atoms with Crippen LogP contribution in [0.1, 0.15) is 6.92 Å². The van der Waals surface area contributed by atoms with E-state index in [2.05, 4.69) is 0 Å². The number of aliphatic carboxylic acids is 1. The highest BCUT2D eigenvalue weighted by molar-refractivity contribution is 5.73. The molecule has 3 saturated heterocycles.